The van der Waals surface area contributed by atoms with Gasteiger partial charge in [-0.2, -0.15) is 5.26 Å². The molecule has 1 aliphatic rings. The minimum Gasteiger partial charge on any atom is -0.361 e. The summed E-state index contributed by atoms with van der Waals surface area (Å²) in [6, 6.07) is 12.3. The van der Waals surface area contributed by atoms with Crippen molar-refractivity contribution in [1.82, 2.24) is 5.32 Å². The van der Waals surface area contributed by atoms with Crippen LogP contribution in [0, 0.1) is 11.3 Å². The Bertz CT molecular complexity index is 475. The van der Waals surface area contributed by atoms with Gasteiger partial charge in [-0.15, -0.1) is 0 Å². The first-order valence-corrected chi connectivity index (χ1v) is 7.76. The molecule has 0 bridgehead atoms. The van der Waals surface area contributed by atoms with Gasteiger partial charge in [-0.3, -0.25) is 4.79 Å². The van der Waals surface area contributed by atoms with Crippen LogP contribution in [0.5, 0.6) is 0 Å². The van der Waals surface area contributed by atoms with Crippen LogP contribution < -0.4 is 10.2 Å². The molecule has 1 fully saturated rings. The zero-order valence-electron chi connectivity index (χ0n) is 12.4. The van der Waals surface area contributed by atoms with Gasteiger partial charge in [0.25, 0.3) is 0 Å². The lowest BCUT2D eigenvalue weighted by Crippen LogP contribution is -2.43. The third-order valence-electron chi connectivity index (χ3n) is 3.92. The van der Waals surface area contributed by atoms with Gasteiger partial charge in [-0.05, 0) is 25.0 Å². The van der Waals surface area contributed by atoms with Crippen LogP contribution in [0.4, 0.5) is 5.69 Å². The first-order valence-electron chi connectivity index (χ1n) is 7.76. The van der Waals surface area contributed by atoms with Gasteiger partial charge in [-0.25, -0.2) is 0 Å². The number of hydrogen-bond donors (Lipinski definition) is 1. The highest BCUT2D eigenvalue weighted by molar-refractivity contribution is 5.81. The summed E-state index contributed by atoms with van der Waals surface area (Å²) in [4.78, 5) is 14.2. The van der Waals surface area contributed by atoms with Crippen LogP contribution in [0.25, 0.3) is 0 Å². The molecule has 0 saturated heterocycles. The quantitative estimate of drug-likeness (QED) is 0.874. The molecular formula is C17H23N3O. The highest BCUT2D eigenvalue weighted by atomic mass is 16.2. The van der Waals surface area contributed by atoms with Gasteiger partial charge in [0, 0.05) is 18.3 Å². The van der Waals surface area contributed by atoms with Crippen LogP contribution in [0.2, 0.25) is 0 Å². The van der Waals surface area contributed by atoms with Crippen LogP contribution in [-0.2, 0) is 4.79 Å². The van der Waals surface area contributed by atoms with E-state index in [-0.39, 0.29) is 5.91 Å². The molecule has 1 saturated carbocycles. The van der Waals surface area contributed by atoms with Crippen LogP contribution >= 0.6 is 0 Å². The van der Waals surface area contributed by atoms with Gasteiger partial charge in [0.15, 0.2) is 0 Å². The fourth-order valence-corrected chi connectivity index (χ4v) is 2.82. The molecule has 0 unspecified atom stereocenters. The Morgan fingerprint density at radius 1 is 1.24 bits per heavy atom. The molecule has 4 heteroatoms. The predicted molar refractivity (Wildman–Crippen MR) is 83.9 cm³/mol. The third kappa shape index (κ3) is 5.11. The number of para-hydroxylation sites is 1. The maximum atomic E-state index is 12.2. The molecule has 0 aromatic heterocycles. The van der Waals surface area contributed by atoms with E-state index in [0.717, 1.165) is 18.5 Å². The molecule has 1 aliphatic carbocycles. The normalized spacial score (nSPS) is 15.2. The lowest BCUT2D eigenvalue weighted by atomic mass is 9.95. The van der Waals surface area contributed by atoms with E-state index in [2.05, 4.69) is 11.4 Å². The van der Waals surface area contributed by atoms with Gasteiger partial charge in [-0.1, -0.05) is 37.5 Å². The van der Waals surface area contributed by atoms with Crippen molar-refractivity contribution in [2.45, 2.75) is 44.6 Å². The van der Waals surface area contributed by atoms with E-state index in [1.807, 2.05) is 35.2 Å². The molecule has 112 valence electrons. The predicted octanol–water partition coefficient (Wildman–Crippen LogP) is 2.86. The van der Waals surface area contributed by atoms with E-state index in [1.165, 1.54) is 19.3 Å². The van der Waals surface area contributed by atoms with Crippen molar-refractivity contribution in [2.24, 2.45) is 0 Å². The molecule has 1 aromatic rings. The van der Waals surface area contributed by atoms with Gasteiger partial charge >= 0.3 is 0 Å². The lowest BCUT2D eigenvalue weighted by molar-refractivity contribution is -0.120. The fraction of sp³-hybridized carbons (Fsp3) is 0.529. The summed E-state index contributed by atoms with van der Waals surface area (Å²) in [6.45, 7) is 0.904. The highest BCUT2D eigenvalue weighted by Gasteiger charge is 2.17. The number of carbonyl (C=O) groups excluding carboxylic acids is 1. The largest absolute Gasteiger partial charge is 0.361 e. The first kappa shape index (κ1) is 15.4. The Morgan fingerprint density at radius 3 is 2.62 bits per heavy atom. The summed E-state index contributed by atoms with van der Waals surface area (Å²) in [6.07, 6.45) is 6.31. The minimum absolute atomic E-state index is 0.0590. The second kappa shape index (κ2) is 8.31. The molecule has 21 heavy (non-hydrogen) atoms. The van der Waals surface area contributed by atoms with Crippen molar-refractivity contribution in [3.8, 4) is 6.07 Å². The second-order valence-corrected chi connectivity index (χ2v) is 5.57. The number of nitrogens with one attached hydrogen (secondary N) is 1. The molecule has 1 amide bonds. The number of hydrogen-bond acceptors (Lipinski definition) is 3. The van der Waals surface area contributed by atoms with Crippen molar-refractivity contribution in [3.63, 3.8) is 0 Å². The average Bonchev–Trinajstić information content (AvgIpc) is 2.53. The number of amides is 1. The van der Waals surface area contributed by atoms with Gasteiger partial charge in [0.05, 0.1) is 19.0 Å². The van der Waals surface area contributed by atoms with E-state index < -0.39 is 0 Å². The molecule has 4 nitrogen and oxygen atoms in total. The second-order valence-electron chi connectivity index (χ2n) is 5.57. The lowest BCUT2D eigenvalue weighted by Gasteiger charge is -2.27. The third-order valence-corrected chi connectivity index (χ3v) is 3.92. The van der Waals surface area contributed by atoms with Crippen LogP contribution in [-0.4, -0.2) is 25.0 Å². The zero-order chi connectivity index (χ0) is 14.9. The molecule has 0 aliphatic heterocycles. The van der Waals surface area contributed by atoms with E-state index >= 15 is 0 Å². The van der Waals surface area contributed by atoms with E-state index in [4.69, 9.17) is 5.26 Å². The topological polar surface area (TPSA) is 56.1 Å². The minimum atomic E-state index is 0.0590. The maximum absolute atomic E-state index is 12.2. The smallest absolute Gasteiger partial charge is 0.239 e. The monoisotopic (exact) mass is 285 g/mol. The Hall–Kier alpha value is -2.02. The van der Waals surface area contributed by atoms with Crippen molar-refractivity contribution < 1.29 is 4.79 Å². The molecule has 0 atom stereocenters. The number of nitrogens with zero attached hydrogens (tertiary/aromatic N) is 2. The number of rotatable bonds is 6. The first-order chi connectivity index (χ1) is 10.3. The van der Waals surface area contributed by atoms with Crippen molar-refractivity contribution in [1.29, 1.82) is 5.26 Å². The molecule has 1 aromatic carbocycles. The number of anilines is 1. The molecule has 2 rings (SSSR count). The maximum Gasteiger partial charge on any atom is 0.239 e. The Morgan fingerprint density at radius 2 is 1.95 bits per heavy atom. The van der Waals surface area contributed by atoms with Crippen molar-refractivity contribution >= 4 is 11.6 Å². The zero-order valence-corrected chi connectivity index (χ0v) is 12.4. The number of nitriles is 1. The van der Waals surface area contributed by atoms with Crippen LogP contribution in [0.1, 0.15) is 38.5 Å². The molecule has 1 N–H and O–H groups in total. The molecular weight excluding hydrogens is 262 g/mol. The fourth-order valence-electron chi connectivity index (χ4n) is 2.82. The van der Waals surface area contributed by atoms with Gasteiger partial charge in [0.2, 0.25) is 5.91 Å². The standard InChI is InChI=1S/C17H23N3O/c18-12-7-13-20(16-10-5-2-6-11-16)14-17(21)19-15-8-3-1-4-9-15/h2,5-6,10-11,15H,1,3-4,7-9,13-14H2,(H,19,21). The summed E-state index contributed by atoms with van der Waals surface area (Å²) < 4.78 is 0. The average molecular weight is 285 g/mol. The molecule has 0 heterocycles. The Balaban J connectivity index is 1.91. The van der Waals surface area contributed by atoms with Crippen molar-refractivity contribution in [2.75, 3.05) is 18.0 Å². The SMILES string of the molecule is N#CCCN(CC(=O)NC1CCCCC1)c1ccccc1. The van der Waals surface area contributed by atoms with Crippen LogP contribution in [0.15, 0.2) is 30.3 Å². The summed E-state index contributed by atoms with van der Waals surface area (Å²) in [5, 5.41) is 11.9. The Kier molecular flexibility index (Phi) is 6.08. The highest BCUT2D eigenvalue weighted by Crippen LogP contribution is 2.18. The summed E-state index contributed by atoms with van der Waals surface area (Å²) in [5.74, 6) is 0.0590. The molecule has 0 spiro atoms. The van der Waals surface area contributed by atoms with E-state index in [1.54, 1.807) is 0 Å². The summed E-state index contributed by atoms with van der Waals surface area (Å²) >= 11 is 0. The van der Waals surface area contributed by atoms with E-state index in [9.17, 15) is 4.79 Å². The van der Waals surface area contributed by atoms with E-state index in [0.29, 0.717) is 25.6 Å². The van der Waals surface area contributed by atoms with Crippen molar-refractivity contribution in [3.05, 3.63) is 30.3 Å². The summed E-state index contributed by atoms with van der Waals surface area (Å²) in [5.41, 5.74) is 0.992. The molecule has 0 radical (unpaired) electrons. The number of benzene rings is 1. The van der Waals surface area contributed by atoms with Gasteiger partial charge in [0.1, 0.15) is 0 Å². The van der Waals surface area contributed by atoms with Gasteiger partial charge < -0.3 is 10.2 Å². The van der Waals surface area contributed by atoms with Crippen LogP contribution in [0.3, 0.4) is 0 Å². The number of carbonyl (C=O) groups is 1. The summed E-state index contributed by atoms with van der Waals surface area (Å²) in [7, 11) is 0. The Labute approximate surface area is 126 Å².